The predicted octanol–water partition coefficient (Wildman–Crippen LogP) is 2.92. The lowest BCUT2D eigenvalue weighted by Gasteiger charge is -2.22. The maximum atomic E-state index is 11.7. The van der Waals surface area contributed by atoms with E-state index in [0.717, 1.165) is 37.1 Å². The molecule has 1 aliphatic rings. The lowest BCUT2D eigenvalue weighted by atomic mass is 9.76. The minimum Gasteiger partial charge on any atom is -0.481 e. The number of aliphatic carboxylic acids is 1. The third kappa shape index (κ3) is 4.02. The molecule has 1 aromatic rings. The molecule has 6 nitrogen and oxygen atoms in total. The third-order valence-corrected chi connectivity index (χ3v) is 6.24. The molecule has 0 fully saturated rings. The van der Waals surface area contributed by atoms with Crippen LogP contribution >= 0.6 is 7.60 Å². The average molecular weight is 368 g/mol. The van der Waals surface area contributed by atoms with Gasteiger partial charge >= 0.3 is 13.6 Å². The molecule has 138 valence electrons. The van der Waals surface area contributed by atoms with Crippen LogP contribution in [0, 0.1) is 0 Å². The number of nitrogens with zero attached hydrogens (tertiary/aromatic N) is 1. The summed E-state index contributed by atoms with van der Waals surface area (Å²) in [5.74, 6) is -0.774. The SMILES string of the molecule is CC[N+]1=C(C)C(C)(CCCCCC(=O)O)c2cc(P(=O)(O)O)ccc21. The minimum atomic E-state index is -4.30. The molecule has 1 aromatic carbocycles. The lowest BCUT2D eigenvalue weighted by Crippen LogP contribution is -2.30. The number of hydrogen-bond donors (Lipinski definition) is 3. The van der Waals surface area contributed by atoms with E-state index in [1.54, 1.807) is 12.1 Å². The van der Waals surface area contributed by atoms with E-state index in [-0.39, 0.29) is 17.1 Å². The zero-order valence-electron chi connectivity index (χ0n) is 15.0. The van der Waals surface area contributed by atoms with Crippen LogP contribution in [0.15, 0.2) is 18.2 Å². The van der Waals surface area contributed by atoms with Crippen molar-refractivity contribution in [2.45, 2.75) is 58.3 Å². The van der Waals surface area contributed by atoms with E-state index < -0.39 is 13.6 Å². The fraction of sp³-hybridized carbons (Fsp3) is 0.556. The van der Waals surface area contributed by atoms with Gasteiger partial charge in [0.15, 0.2) is 5.71 Å². The van der Waals surface area contributed by atoms with Gasteiger partial charge in [-0.25, -0.2) is 0 Å². The zero-order valence-corrected chi connectivity index (χ0v) is 15.9. The Bertz CT molecular complexity index is 752. The normalized spacial score (nSPS) is 20.0. The van der Waals surface area contributed by atoms with Gasteiger partial charge in [-0.3, -0.25) is 9.36 Å². The van der Waals surface area contributed by atoms with E-state index in [1.165, 1.54) is 11.8 Å². The first-order chi connectivity index (χ1) is 11.6. The summed E-state index contributed by atoms with van der Waals surface area (Å²) >= 11 is 0. The van der Waals surface area contributed by atoms with E-state index in [1.807, 2.05) is 0 Å². The molecule has 0 bridgehead atoms. The Labute approximate surface area is 148 Å². The van der Waals surface area contributed by atoms with Gasteiger partial charge in [0.25, 0.3) is 0 Å². The Hall–Kier alpha value is -1.49. The van der Waals surface area contributed by atoms with Crippen LogP contribution in [0.3, 0.4) is 0 Å². The van der Waals surface area contributed by atoms with E-state index in [9.17, 15) is 19.1 Å². The summed E-state index contributed by atoms with van der Waals surface area (Å²) in [4.78, 5) is 29.7. The molecule has 1 atom stereocenters. The molecular formula is C18H27NO5P+. The quantitative estimate of drug-likeness (QED) is 0.372. The van der Waals surface area contributed by atoms with Crippen molar-refractivity contribution in [3.8, 4) is 0 Å². The smallest absolute Gasteiger partial charge is 0.356 e. The van der Waals surface area contributed by atoms with Crippen LogP contribution in [0.25, 0.3) is 0 Å². The van der Waals surface area contributed by atoms with Crippen LogP contribution in [-0.2, 0) is 14.8 Å². The Morgan fingerprint density at radius 2 is 1.92 bits per heavy atom. The highest BCUT2D eigenvalue weighted by Gasteiger charge is 2.46. The van der Waals surface area contributed by atoms with Crippen molar-refractivity contribution >= 4 is 30.3 Å². The lowest BCUT2D eigenvalue weighted by molar-refractivity contribution is -0.434. The van der Waals surface area contributed by atoms with Crippen LogP contribution in [-0.4, -0.2) is 37.7 Å². The number of carboxylic acid groups (broad SMARTS) is 1. The summed E-state index contributed by atoms with van der Waals surface area (Å²) < 4.78 is 13.8. The Morgan fingerprint density at radius 3 is 2.48 bits per heavy atom. The Kier molecular flexibility index (Phi) is 5.87. The van der Waals surface area contributed by atoms with Gasteiger partial charge < -0.3 is 14.9 Å². The van der Waals surface area contributed by atoms with Crippen molar-refractivity contribution in [2.24, 2.45) is 0 Å². The maximum absolute atomic E-state index is 11.7. The van der Waals surface area contributed by atoms with E-state index in [0.29, 0.717) is 6.42 Å². The summed E-state index contributed by atoms with van der Waals surface area (Å²) in [5, 5.41) is 8.79. The van der Waals surface area contributed by atoms with Gasteiger partial charge in [-0.05, 0) is 38.8 Å². The van der Waals surface area contributed by atoms with Crippen molar-refractivity contribution in [3.05, 3.63) is 23.8 Å². The van der Waals surface area contributed by atoms with Crippen LogP contribution in [0.5, 0.6) is 0 Å². The molecule has 0 aromatic heterocycles. The van der Waals surface area contributed by atoms with E-state index in [2.05, 4.69) is 25.3 Å². The number of rotatable bonds is 8. The number of benzene rings is 1. The van der Waals surface area contributed by atoms with Gasteiger partial charge in [0.1, 0.15) is 6.54 Å². The molecule has 0 spiro atoms. The number of hydrogen-bond acceptors (Lipinski definition) is 2. The third-order valence-electron chi connectivity index (χ3n) is 5.29. The second kappa shape index (κ2) is 7.40. The molecule has 1 aliphatic heterocycles. The van der Waals surface area contributed by atoms with Crippen molar-refractivity contribution in [2.75, 3.05) is 6.54 Å². The van der Waals surface area contributed by atoms with E-state index >= 15 is 0 Å². The highest BCUT2D eigenvalue weighted by atomic mass is 31.2. The van der Waals surface area contributed by atoms with Crippen LogP contribution in [0.1, 0.15) is 58.4 Å². The number of fused-ring (bicyclic) bond motifs is 1. The molecule has 2 rings (SSSR count). The summed E-state index contributed by atoms with van der Waals surface area (Å²) in [5.41, 5.74) is 2.84. The first kappa shape index (κ1) is 19.8. The molecule has 0 saturated heterocycles. The second-order valence-electron chi connectivity index (χ2n) is 6.86. The highest BCUT2D eigenvalue weighted by Crippen LogP contribution is 2.44. The first-order valence-electron chi connectivity index (χ1n) is 8.65. The van der Waals surface area contributed by atoms with Gasteiger partial charge in [-0.2, -0.15) is 4.58 Å². The van der Waals surface area contributed by atoms with Gasteiger partial charge in [0.2, 0.25) is 5.69 Å². The number of carboxylic acids is 1. The van der Waals surface area contributed by atoms with Crippen molar-refractivity contribution in [1.29, 1.82) is 0 Å². The van der Waals surface area contributed by atoms with Gasteiger partial charge in [-0.15, -0.1) is 0 Å². The summed E-state index contributed by atoms with van der Waals surface area (Å²) in [7, 11) is -4.30. The predicted molar refractivity (Wildman–Crippen MR) is 97.3 cm³/mol. The van der Waals surface area contributed by atoms with Crippen LogP contribution < -0.4 is 5.30 Å². The Morgan fingerprint density at radius 1 is 1.24 bits per heavy atom. The molecule has 3 N–H and O–H groups in total. The van der Waals surface area contributed by atoms with Gasteiger partial charge in [0, 0.05) is 25.0 Å². The molecule has 0 radical (unpaired) electrons. The summed E-state index contributed by atoms with van der Waals surface area (Å²) in [6.45, 7) is 7.03. The summed E-state index contributed by atoms with van der Waals surface area (Å²) in [6, 6.07) is 4.95. The molecule has 25 heavy (non-hydrogen) atoms. The zero-order chi connectivity index (χ0) is 18.8. The molecule has 0 saturated carbocycles. The summed E-state index contributed by atoms with van der Waals surface area (Å²) in [6.07, 6.45) is 3.36. The molecular weight excluding hydrogens is 341 g/mol. The fourth-order valence-electron chi connectivity index (χ4n) is 3.71. The van der Waals surface area contributed by atoms with E-state index in [4.69, 9.17) is 5.11 Å². The van der Waals surface area contributed by atoms with Crippen molar-refractivity contribution in [3.63, 3.8) is 0 Å². The van der Waals surface area contributed by atoms with Crippen molar-refractivity contribution in [1.82, 2.24) is 0 Å². The molecule has 0 aliphatic carbocycles. The number of carbonyl (C=O) groups is 1. The average Bonchev–Trinajstić information content (AvgIpc) is 2.74. The topological polar surface area (TPSA) is 97.8 Å². The van der Waals surface area contributed by atoms with Crippen LogP contribution in [0.4, 0.5) is 5.69 Å². The fourth-order valence-corrected chi connectivity index (χ4v) is 4.28. The molecule has 0 amide bonds. The molecule has 1 heterocycles. The molecule has 1 unspecified atom stereocenters. The van der Waals surface area contributed by atoms with Gasteiger partial charge in [0.05, 0.1) is 10.7 Å². The largest absolute Gasteiger partial charge is 0.481 e. The first-order valence-corrected chi connectivity index (χ1v) is 10.3. The molecule has 7 heteroatoms. The standard InChI is InChI=1S/C18H26NO5P/c1-4-19-13(2)18(3,11-7-5-6-8-17(20)21)15-12-14(25(22,23)24)9-10-16(15)19/h9-10,12H,4-8,11H2,1-3H3,(H2-,20,21,22,23,24)/p+1. The maximum Gasteiger partial charge on any atom is 0.356 e. The Balaban J connectivity index is 2.30. The number of unbranched alkanes of at least 4 members (excludes halogenated alkanes) is 2. The second-order valence-corrected chi connectivity index (χ2v) is 8.47. The minimum absolute atomic E-state index is 0.0501. The van der Waals surface area contributed by atoms with Crippen LogP contribution in [0.2, 0.25) is 0 Å². The van der Waals surface area contributed by atoms with Gasteiger partial charge in [-0.1, -0.05) is 12.8 Å². The highest BCUT2D eigenvalue weighted by molar-refractivity contribution is 7.60. The van der Waals surface area contributed by atoms with Crippen molar-refractivity contribution < 1.29 is 28.8 Å². The monoisotopic (exact) mass is 368 g/mol.